The normalized spacial score (nSPS) is 14.3. The third-order valence-corrected chi connectivity index (χ3v) is 5.01. The summed E-state index contributed by atoms with van der Waals surface area (Å²) in [5, 5.41) is 0. The van der Waals surface area contributed by atoms with Gasteiger partial charge >= 0.3 is 5.97 Å². The molecule has 3 rings (SSSR count). The van der Waals surface area contributed by atoms with Crippen LogP contribution in [0.3, 0.4) is 0 Å². The molecule has 0 saturated heterocycles. The van der Waals surface area contributed by atoms with E-state index in [9.17, 15) is 9.59 Å². The zero-order valence-corrected chi connectivity index (χ0v) is 18.1. The van der Waals surface area contributed by atoms with Gasteiger partial charge in [-0.05, 0) is 58.2 Å². The predicted octanol–water partition coefficient (Wildman–Crippen LogP) is 3.20. The summed E-state index contributed by atoms with van der Waals surface area (Å²) >= 11 is 0. The smallest absolute Gasteiger partial charge is 0.314 e. The van der Waals surface area contributed by atoms with Gasteiger partial charge < -0.3 is 14.2 Å². The third-order valence-electron chi connectivity index (χ3n) is 5.01. The van der Waals surface area contributed by atoms with E-state index in [1.165, 1.54) is 0 Å². The van der Waals surface area contributed by atoms with Crippen molar-refractivity contribution in [1.82, 2.24) is 9.36 Å². The van der Waals surface area contributed by atoms with Crippen LogP contribution in [-0.2, 0) is 27.4 Å². The fourth-order valence-corrected chi connectivity index (χ4v) is 3.71. The highest BCUT2D eigenvalue weighted by Gasteiger charge is 2.28. The lowest BCUT2D eigenvalue weighted by Gasteiger charge is -2.18. The van der Waals surface area contributed by atoms with Crippen LogP contribution in [0.25, 0.3) is 11.1 Å². The molecule has 1 aliphatic rings. The maximum atomic E-state index is 13.3. The topological polar surface area (TPSA) is 71.7 Å². The lowest BCUT2D eigenvalue weighted by atomic mass is 9.95. The first-order chi connectivity index (χ1) is 13.6. The highest BCUT2D eigenvalue weighted by atomic mass is 16.7. The molecule has 0 amide bonds. The molecule has 1 aliphatic heterocycles. The number of aryl methyl sites for hydroxylation is 3. The summed E-state index contributed by atoms with van der Waals surface area (Å²) in [6, 6.07) is 4.11. The van der Waals surface area contributed by atoms with Crippen molar-refractivity contribution in [3.63, 3.8) is 0 Å². The summed E-state index contributed by atoms with van der Waals surface area (Å²) in [6.45, 7) is 13.0. The third kappa shape index (κ3) is 4.24. The van der Waals surface area contributed by atoms with E-state index in [-0.39, 0.29) is 18.3 Å². The van der Waals surface area contributed by atoms with Crippen LogP contribution in [0, 0.1) is 26.2 Å². The molecule has 0 aliphatic carbocycles. The SMILES string of the molecule is Cc1cc(C)c(-c2c(OCOC(=O)C(C)(C)C)n3n(c2=O)CCOCC3)c(C)c1. The van der Waals surface area contributed by atoms with Gasteiger partial charge in [0, 0.05) is 0 Å². The lowest BCUT2D eigenvalue weighted by Crippen LogP contribution is -2.25. The summed E-state index contributed by atoms with van der Waals surface area (Å²) < 4.78 is 20.2. The van der Waals surface area contributed by atoms with Crippen LogP contribution < -0.4 is 10.3 Å². The molecule has 0 radical (unpaired) electrons. The Bertz CT molecular complexity index is 955. The Morgan fingerprint density at radius 3 is 2.21 bits per heavy atom. The van der Waals surface area contributed by atoms with Crippen molar-refractivity contribution in [2.24, 2.45) is 5.41 Å². The molecule has 0 bridgehead atoms. The maximum absolute atomic E-state index is 13.3. The highest BCUT2D eigenvalue weighted by Crippen LogP contribution is 2.34. The molecule has 2 aromatic rings. The van der Waals surface area contributed by atoms with Crippen molar-refractivity contribution >= 4 is 5.97 Å². The fourth-order valence-electron chi connectivity index (χ4n) is 3.71. The Labute approximate surface area is 171 Å². The second-order valence-electron chi connectivity index (χ2n) is 8.56. The van der Waals surface area contributed by atoms with Crippen LogP contribution >= 0.6 is 0 Å². The molecule has 0 N–H and O–H groups in total. The molecule has 0 spiro atoms. The fraction of sp³-hybridized carbons (Fsp3) is 0.545. The van der Waals surface area contributed by atoms with Gasteiger partial charge in [-0.25, -0.2) is 9.36 Å². The molecule has 7 nitrogen and oxygen atoms in total. The van der Waals surface area contributed by atoms with Crippen molar-refractivity contribution in [2.45, 2.75) is 54.6 Å². The number of rotatable bonds is 4. The predicted molar refractivity (Wildman–Crippen MR) is 110 cm³/mol. The van der Waals surface area contributed by atoms with E-state index >= 15 is 0 Å². The molecular weight excluding hydrogens is 372 g/mol. The van der Waals surface area contributed by atoms with Gasteiger partial charge in [0.1, 0.15) is 5.56 Å². The van der Waals surface area contributed by atoms with E-state index in [1.54, 1.807) is 30.1 Å². The molecule has 0 fully saturated rings. The van der Waals surface area contributed by atoms with Crippen LogP contribution in [0.15, 0.2) is 16.9 Å². The maximum Gasteiger partial charge on any atom is 0.314 e. The summed E-state index contributed by atoms with van der Waals surface area (Å²) in [7, 11) is 0. The summed E-state index contributed by atoms with van der Waals surface area (Å²) in [5.41, 5.74) is 3.78. The van der Waals surface area contributed by atoms with E-state index in [2.05, 4.69) is 12.1 Å². The number of fused-ring (bicyclic) bond motifs is 1. The summed E-state index contributed by atoms with van der Waals surface area (Å²) in [6.07, 6.45) is 0. The monoisotopic (exact) mass is 402 g/mol. The quantitative estimate of drug-likeness (QED) is 0.580. The van der Waals surface area contributed by atoms with E-state index in [0.29, 0.717) is 37.7 Å². The van der Waals surface area contributed by atoms with E-state index in [0.717, 1.165) is 22.3 Å². The standard InChI is InChI=1S/C22H30N2O5/c1-14-11-15(2)17(16(3)12-14)18-19(25)23-7-9-27-10-8-24(23)20(18)28-13-29-21(26)22(4,5)6/h11-12H,7-10,13H2,1-6H3. The number of aromatic nitrogens is 2. The molecule has 7 heteroatoms. The average molecular weight is 402 g/mol. The van der Waals surface area contributed by atoms with Crippen LogP contribution in [-0.4, -0.2) is 35.3 Å². The first-order valence-electron chi connectivity index (χ1n) is 9.91. The average Bonchev–Trinajstić information content (AvgIpc) is 2.78. The molecule has 158 valence electrons. The van der Waals surface area contributed by atoms with Gasteiger partial charge in [0.05, 0.1) is 31.7 Å². The van der Waals surface area contributed by atoms with Gasteiger partial charge in [0.2, 0.25) is 12.7 Å². The molecule has 0 unspecified atom stereocenters. The summed E-state index contributed by atoms with van der Waals surface area (Å²) in [5.74, 6) is 0.0555. The Hall–Kier alpha value is -2.54. The van der Waals surface area contributed by atoms with Gasteiger partial charge in [-0.15, -0.1) is 0 Å². The molecule has 1 aromatic heterocycles. The van der Waals surface area contributed by atoms with Gasteiger partial charge in [-0.2, -0.15) is 0 Å². The Morgan fingerprint density at radius 1 is 1.03 bits per heavy atom. The highest BCUT2D eigenvalue weighted by molar-refractivity contribution is 5.76. The zero-order chi connectivity index (χ0) is 21.3. The Balaban J connectivity index is 2.07. The molecular formula is C22H30N2O5. The number of benzene rings is 1. The molecule has 2 heterocycles. The van der Waals surface area contributed by atoms with Crippen LogP contribution in [0.2, 0.25) is 0 Å². The van der Waals surface area contributed by atoms with Crippen molar-refractivity contribution in [1.29, 1.82) is 0 Å². The van der Waals surface area contributed by atoms with Crippen molar-refractivity contribution in [3.05, 3.63) is 39.2 Å². The number of carbonyl (C=O) groups excluding carboxylic acids is 1. The molecule has 1 aromatic carbocycles. The van der Waals surface area contributed by atoms with E-state index in [4.69, 9.17) is 14.2 Å². The Kier molecular flexibility index (Phi) is 5.89. The number of hydrogen-bond acceptors (Lipinski definition) is 5. The van der Waals surface area contributed by atoms with Crippen molar-refractivity contribution < 1.29 is 19.0 Å². The minimum absolute atomic E-state index is 0.122. The van der Waals surface area contributed by atoms with Crippen LogP contribution in [0.5, 0.6) is 5.88 Å². The number of hydrogen-bond donors (Lipinski definition) is 0. The Morgan fingerprint density at radius 2 is 1.62 bits per heavy atom. The minimum Gasteiger partial charge on any atom is -0.440 e. The number of ether oxygens (including phenoxy) is 3. The molecule has 0 saturated carbocycles. The van der Waals surface area contributed by atoms with Crippen molar-refractivity contribution in [2.75, 3.05) is 20.0 Å². The first-order valence-corrected chi connectivity index (χ1v) is 9.91. The van der Waals surface area contributed by atoms with Crippen LogP contribution in [0.1, 0.15) is 37.5 Å². The van der Waals surface area contributed by atoms with Crippen LogP contribution in [0.4, 0.5) is 0 Å². The van der Waals surface area contributed by atoms with Gasteiger partial charge in [0.15, 0.2) is 0 Å². The number of esters is 1. The van der Waals surface area contributed by atoms with Gasteiger partial charge in [0.25, 0.3) is 5.56 Å². The van der Waals surface area contributed by atoms with Gasteiger partial charge in [-0.1, -0.05) is 17.7 Å². The summed E-state index contributed by atoms with van der Waals surface area (Å²) in [4.78, 5) is 25.4. The second kappa shape index (κ2) is 8.06. The zero-order valence-electron chi connectivity index (χ0n) is 18.1. The largest absolute Gasteiger partial charge is 0.440 e. The first kappa shape index (κ1) is 21.2. The van der Waals surface area contributed by atoms with Gasteiger partial charge in [-0.3, -0.25) is 9.59 Å². The van der Waals surface area contributed by atoms with E-state index < -0.39 is 5.41 Å². The van der Waals surface area contributed by atoms with Crippen molar-refractivity contribution in [3.8, 4) is 17.0 Å². The number of carbonyl (C=O) groups is 1. The minimum atomic E-state index is -0.626. The second-order valence-corrected chi connectivity index (χ2v) is 8.56. The lowest BCUT2D eigenvalue weighted by molar-refractivity contribution is -0.159. The molecule has 29 heavy (non-hydrogen) atoms. The van der Waals surface area contributed by atoms with E-state index in [1.807, 2.05) is 20.8 Å². The molecule has 0 atom stereocenters. The number of nitrogens with zero attached hydrogens (tertiary/aromatic N) is 2.